The van der Waals surface area contributed by atoms with Gasteiger partial charge in [0.1, 0.15) is 34.8 Å². The molecular weight excluding hydrogens is 505 g/mol. The summed E-state index contributed by atoms with van der Waals surface area (Å²) in [5.41, 5.74) is 0.407. The molecule has 0 N–H and O–H groups in total. The molecule has 0 fully saturated rings. The van der Waals surface area contributed by atoms with Crippen LogP contribution in [0.3, 0.4) is 0 Å². The molecule has 0 aliphatic rings. The zero-order valence-electron chi connectivity index (χ0n) is 20.9. The first-order valence-corrected chi connectivity index (χ1v) is 12.9. The van der Waals surface area contributed by atoms with E-state index in [-0.39, 0.29) is 17.5 Å². The monoisotopic (exact) mass is 531 g/mol. The van der Waals surface area contributed by atoms with Gasteiger partial charge in [-0.05, 0) is 38.1 Å². The number of methoxy groups -OCH3 is 3. The van der Waals surface area contributed by atoms with Crippen LogP contribution in [0.1, 0.15) is 30.4 Å². The Balaban J connectivity index is 1.82. The first-order valence-electron chi connectivity index (χ1n) is 11.1. The number of rotatable bonds is 10. The highest BCUT2D eigenvalue weighted by atomic mass is 32.2. The lowest BCUT2D eigenvalue weighted by Crippen LogP contribution is -2.30. The van der Waals surface area contributed by atoms with E-state index in [1.165, 1.54) is 32.8 Å². The molecule has 3 aromatic heterocycles. The number of hydrogen-bond donors (Lipinski definition) is 0. The number of para-hydroxylation sites is 1. The zero-order chi connectivity index (χ0) is 26.7. The minimum atomic E-state index is -3.95. The zero-order valence-corrected chi connectivity index (χ0v) is 21.7. The fourth-order valence-electron chi connectivity index (χ4n) is 3.89. The summed E-state index contributed by atoms with van der Waals surface area (Å²) in [6, 6.07) is 8.64. The van der Waals surface area contributed by atoms with Crippen molar-refractivity contribution >= 4 is 9.84 Å². The summed E-state index contributed by atoms with van der Waals surface area (Å²) in [6.45, 7) is 3.25. The molecule has 2 atom stereocenters. The number of ether oxygens (including phenoxy) is 3. The summed E-state index contributed by atoms with van der Waals surface area (Å²) < 4.78 is 64.4. The molecule has 0 amide bonds. The molecule has 0 saturated carbocycles. The molecule has 0 spiro atoms. The van der Waals surface area contributed by atoms with E-state index < -0.39 is 32.8 Å². The standard InChI is InChI=1S/C24H26FN5O6S/c1-14-9-10-19(36-14)24-29-28-20(30(24)21-17(33-3)7-6-8-18(21)34-4)13-37(31,32)15(2)22(35-5)23-26-11-16(25)12-27-23/h6-12,15,22H,13H2,1-5H3/t15-,22+/m1/s1. The van der Waals surface area contributed by atoms with Crippen LogP contribution in [0, 0.1) is 12.7 Å². The van der Waals surface area contributed by atoms with Crippen molar-refractivity contribution < 1.29 is 31.4 Å². The second-order valence-electron chi connectivity index (χ2n) is 8.12. The predicted octanol–water partition coefficient (Wildman–Crippen LogP) is 3.47. The van der Waals surface area contributed by atoms with Crippen LogP contribution in [-0.2, 0) is 20.3 Å². The molecule has 0 aliphatic heterocycles. The maximum Gasteiger partial charge on any atom is 0.204 e. The van der Waals surface area contributed by atoms with Gasteiger partial charge in [0, 0.05) is 7.11 Å². The second kappa shape index (κ2) is 10.6. The minimum absolute atomic E-state index is 0.0413. The van der Waals surface area contributed by atoms with Crippen LogP contribution in [0.2, 0.25) is 0 Å². The number of halogens is 1. The van der Waals surface area contributed by atoms with E-state index in [1.807, 2.05) is 0 Å². The summed E-state index contributed by atoms with van der Waals surface area (Å²) in [6.07, 6.45) is 0.862. The van der Waals surface area contributed by atoms with E-state index in [4.69, 9.17) is 18.6 Å². The number of sulfone groups is 1. The van der Waals surface area contributed by atoms with Crippen LogP contribution in [-0.4, -0.2) is 59.7 Å². The first-order chi connectivity index (χ1) is 17.7. The largest absolute Gasteiger partial charge is 0.494 e. The van der Waals surface area contributed by atoms with Crippen LogP contribution in [0.25, 0.3) is 17.3 Å². The average Bonchev–Trinajstić information content (AvgIpc) is 3.50. The number of furan rings is 1. The van der Waals surface area contributed by atoms with Gasteiger partial charge < -0.3 is 18.6 Å². The smallest absolute Gasteiger partial charge is 0.204 e. The first kappa shape index (κ1) is 26.2. The van der Waals surface area contributed by atoms with Crippen LogP contribution >= 0.6 is 0 Å². The minimum Gasteiger partial charge on any atom is -0.494 e. The second-order valence-corrected chi connectivity index (χ2v) is 10.5. The molecule has 0 unspecified atom stereocenters. The Bertz CT molecular complexity index is 1460. The number of benzene rings is 1. The molecule has 196 valence electrons. The third-order valence-electron chi connectivity index (χ3n) is 5.79. The van der Waals surface area contributed by atoms with Crippen molar-refractivity contribution in [3.05, 3.63) is 66.0 Å². The molecule has 4 rings (SSSR count). The number of hydrogen-bond acceptors (Lipinski definition) is 10. The lowest BCUT2D eigenvalue weighted by atomic mass is 10.2. The normalized spacial score (nSPS) is 13.4. The lowest BCUT2D eigenvalue weighted by Gasteiger charge is -2.22. The van der Waals surface area contributed by atoms with Crippen molar-refractivity contribution in [2.75, 3.05) is 21.3 Å². The fourth-order valence-corrected chi connectivity index (χ4v) is 5.31. The maximum atomic E-state index is 13.6. The maximum absolute atomic E-state index is 13.6. The van der Waals surface area contributed by atoms with Gasteiger partial charge >= 0.3 is 0 Å². The van der Waals surface area contributed by atoms with Gasteiger partial charge in [-0.25, -0.2) is 22.8 Å². The Labute approximate surface area is 213 Å². The molecule has 11 nitrogen and oxygen atoms in total. The van der Waals surface area contributed by atoms with E-state index in [2.05, 4.69) is 20.2 Å². The van der Waals surface area contributed by atoms with Gasteiger partial charge in [0.15, 0.2) is 33.1 Å². The molecule has 1 aromatic carbocycles. The highest BCUT2D eigenvalue weighted by Gasteiger charge is 2.35. The predicted molar refractivity (Wildman–Crippen MR) is 131 cm³/mol. The van der Waals surface area contributed by atoms with E-state index in [0.29, 0.717) is 28.7 Å². The highest BCUT2D eigenvalue weighted by Crippen LogP contribution is 2.37. The van der Waals surface area contributed by atoms with Gasteiger partial charge in [-0.2, -0.15) is 0 Å². The van der Waals surface area contributed by atoms with Crippen molar-refractivity contribution in [2.24, 2.45) is 0 Å². The number of aryl methyl sites for hydroxylation is 1. The van der Waals surface area contributed by atoms with Gasteiger partial charge in [-0.15, -0.1) is 10.2 Å². The Hall–Kier alpha value is -3.84. The molecular formula is C24H26FN5O6S. The summed E-state index contributed by atoms with van der Waals surface area (Å²) in [5, 5.41) is 7.35. The molecule has 3 heterocycles. The van der Waals surface area contributed by atoms with Gasteiger partial charge in [0.05, 0.1) is 31.9 Å². The van der Waals surface area contributed by atoms with Crippen LogP contribution in [0.15, 0.2) is 47.1 Å². The van der Waals surface area contributed by atoms with Gasteiger partial charge in [-0.1, -0.05) is 6.07 Å². The van der Waals surface area contributed by atoms with Crippen molar-refractivity contribution in [1.82, 2.24) is 24.7 Å². The average molecular weight is 532 g/mol. The van der Waals surface area contributed by atoms with E-state index in [0.717, 1.165) is 12.4 Å². The quantitative estimate of drug-likeness (QED) is 0.300. The van der Waals surface area contributed by atoms with E-state index >= 15 is 0 Å². The molecule has 0 aliphatic carbocycles. The number of aromatic nitrogens is 5. The van der Waals surface area contributed by atoms with E-state index in [1.54, 1.807) is 37.3 Å². The number of nitrogens with zero attached hydrogens (tertiary/aromatic N) is 5. The fraction of sp³-hybridized carbons (Fsp3) is 0.333. The van der Waals surface area contributed by atoms with Crippen LogP contribution < -0.4 is 9.47 Å². The Kier molecular flexibility index (Phi) is 7.55. The Morgan fingerprint density at radius 2 is 1.68 bits per heavy atom. The summed E-state index contributed by atoms with van der Waals surface area (Å²) in [5.74, 6) is 1.06. The van der Waals surface area contributed by atoms with E-state index in [9.17, 15) is 12.8 Å². The molecule has 37 heavy (non-hydrogen) atoms. The summed E-state index contributed by atoms with van der Waals surface area (Å²) >= 11 is 0. The molecule has 0 saturated heterocycles. The topological polar surface area (TPSA) is 131 Å². The van der Waals surface area contributed by atoms with Gasteiger partial charge in [0.2, 0.25) is 5.82 Å². The van der Waals surface area contributed by atoms with Crippen LogP contribution in [0.4, 0.5) is 4.39 Å². The van der Waals surface area contributed by atoms with Crippen molar-refractivity contribution in [3.63, 3.8) is 0 Å². The lowest BCUT2D eigenvalue weighted by molar-refractivity contribution is 0.0946. The Morgan fingerprint density at radius 1 is 1.03 bits per heavy atom. The molecule has 0 radical (unpaired) electrons. The SMILES string of the molecule is COc1cccc(OC)c1-n1c(CS(=O)(=O)[C@H](C)[C@H](OC)c2ncc(F)cn2)nnc1-c1ccc(C)o1. The Morgan fingerprint density at radius 3 is 2.22 bits per heavy atom. The summed E-state index contributed by atoms with van der Waals surface area (Å²) in [7, 11) is 0.365. The molecule has 4 aromatic rings. The van der Waals surface area contributed by atoms with Crippen molar-refractivity contribution in [3.8, 4) is 28.8 Å². The third kappa shape index (κ3) is 5.18. The molecule has 13 heteroatoms. The third-order valence-corrected chi connectivity index (χ3v) is 7.83. The highest BCUT2D eigenvalue weighted by molar-refractivity contribution is 7.91. The van der Waals surface area contributed by atoms with Gasteiger partial charge in [0.25, 0.3) is 0 Å². The summed E-state index contributed by atoms with van der Waals surface area (Å²) in [4.78, 5) is 7.79. The van der Waals surface area contributed by atoms with Crippen molar-refractivity contribution in [2.45, 2.75) is 31.0 Å². The molecule has 0 bridgehead atoms. The van der Waals surface area contributed by atoms with Crippen molar-refractivity contribution in [1.29, 1.82) is 0 Å². The van der Waals surface area contributed by atoms with Gasteiger partial charge in [-0.3, -0.25) is 4.57 Å². The van der Waals surface area contributed by atoms with Crippen LogP contribution in [0.5, 0.6) is 11.5 Å².